The maximum absolute atomic E-state index is 12.6. The van der Waals surface area contributed by atoms with Crippen molar-refractivity contribution in [3.05, 3.63) is 29.3 Å². The van der Waals surface area contributed by atoms with Crippen molar-refractivity contribution in [2.45, 2.75) is 26.4 Å². The van der Waals surface area contributed by atoms with E-state index in [0.29, 0.717) is 17.2 Å². The number of nitrogens with zero attached hydrogens (tertiary/aromatic N) is 2. The lowest BCUT2D eigenvalue weighted by Gasteiger charge is -2.35. The number of hydrogen-bond donors (Lipinski definition) is 0. The van der Waals surface area contributed by atoms with Gasteiger partial charge in [-0.1, -0.05) is 25.4 Å². The summed E-state index contributed by atoms with van der Waals surface area (Å²) in [4.78, 5) is 16.8. The molecule has 0 unspecified atom stereocenters. The van der Waals surface area contributed by atoms with Gasteiger partial charge in [0.2, 0.25) is 0 Å². The average Bonchev–Trinajstić information content (AvgIpc) is 2.54. The summed E-state index contributed by atoms with van der Waals surface area (Å²) in [7, 11) is 0. The van der Waals surface area contributed by atoms with Crippen LogP contribution in [-0.2, 0) is 4.79 Å². The Morgan fingerprint density at radius 2 is 1.81 bits per heavy atom. The van der Waals surface area contributed by atoms with Crippen LogP contribution in [0.3, 0.4) is 0 Å². The summed E-state index contributed by atoms with van der Waals surface area (Å²) in [5.74, 6) is 0.773. The predicted molar refractivity (Wildman–Crippen MR) is 84.9 cm³/mol. The minimum atomic E-state index is -0.417. The fourth-order valence-corrected chi connectivity index (χ4v) is 2.60. The maximum Gasteiger partial charge on any atom is 0.263 e. The highest BCUT2D eigenvalue weighted by molar-refractivity contribution is 6.30. The van der Waals surface area contributed by atoms with Crippen LogP contribution in [-0.4, -0.2) is 54.5 Å². The quantitative estimate of drug-likeness (QED) is 0.838. The topological polar surface area (TPSA) is 32.8 Å². The van der Waals surface area contributed by atoms with Crippen molar-refractivity contribution in [1.29, 1.82) is 0 Å². The van der Waals surface area contributed by atoms with Gasteiger partial charge in [-0.25, -0.2) is 0 Å². The number of carbonyl (C=O) groups is 1. The van der Waals surface area contributed by atoms with E-state index in [4.69, 9.17) is 16.3 Å². The molecular weight excluding hydrogens is 288 g/mol. The summed E-state index contributed by atoms with van der Waals surface area (Å²) in [6, 6.07) is 7.14. The van der Waals surface area contributed by atoms with Gasteiger partial charge in [0, 0.05) is 31.2 Å². The molecule has 0 N–H and O–H groups in total. The van der Waals surface area contributed by atoms with Crippen LogP contribution in [0.2, 0.25) is 5.02 Å². The van der Waals surface area contributed by atoms with Gasteiger partial charge in [-0.2, -0.15) is 0 Å². The summed E-state index contributed by atoms with van der Waals surface area (Å²) in [6.45, 7) is 8.62. The van der Waals surface area contributed by atoms with Crippen LogP contribution in [0.5, 0.6) is 5.75 Å². The highest BCUT2D eigenvalue weighted by Crippen LogP contribution is 2.18. The van der Waals surface area contributed by atoms with Crippen molar-refractivity contribution in [3.8, 4) is 5.75 Å². The maximum atomic E-state index is 12.6. The summed E-state index contributed by atoms with van der Waals surface area (Å²) in [5, 5.41) is 0.664. The van der Waals surface area contributed by atoms with Crippen molar-refractivity contribution in [2.75, 3.05) is 32.7 Å². The highest BCUT2D eigenvalue weighted by atomic mass is 35.5. The lowest BCUT2D eigenvalue weighted by molar-refractivity contribution is -0.140. The van der Waals surface area contributed by atoms with Crippen LogP contribution in [0, 0.1) is 0 Å². The molecule has 2 rings (SSSR count). The third-order valence-corrected chi connectivity index (χ3v) is 4.12. The molecule has 1 saturated heterocycles. The highest BCUT2D eigenvalue weighted by Gasteiger charge is 2.27. The van der Waals surface area contributed by atoms with E-state index in [2.05, 4.69) is 11.8 Å². The molecule has 1 atom stereocenters. The second-order valence-corrected chi connectivity index (χ2v) is 5.66. The van der Waals surface area contributed by atoms with E-state index in [1.807, 2.05) is 11.8 Å². The molecule has 1 heterocycles. The van der Waals surface area contributed by atoms with Gasteiger partial charge < -0.3 is 14.5 Å². The zero-order chi connectivity index (χ0) is 15.2. The van der Waals surface area contributed by atoms with Crippen LogP contribution in [0.4, 0.5) is 0 Å². The number of rotatable bonds is 5. The Bertz CT molecular complexity index is 456. The normalized spacial score (nSPS) is 17.6. The van der Waals surface area contributed by atoms with Crippen molar-refractivity contribution in [3.63, 3.8) is 0 Å². The van der Waals surface area contributed by atoms with Gasteiger partial charge in [0.15, 0.2) is 6.10 Å². The van der Waals surface area contributed by atoms with Gasteiger partial charge in [-0.05, 0) is 37.2 Å². The van der Waals surface area contributed by atoms with E-state index in [-0.39, 0.29) is 5.91 Å². The van der Waals surface area contributed by atoms with Gasteiger partial charge in [0.05, 0.1) is 0 Å². The number of carbonyl (C=O) groups excluding carboxylic acids is 1. The average molecular weight is 311 g/mol. The first kappa shape index (κ1) is 16.1. The third kappa shape index (κ3) is 4.35. The molecule has 0 radical (unpaired) electrons. The predicted octanol–water partition coefficient (Wildman–Crippen LogP) is 2.66. The monoisotopic (exact) mass is 310 g/mol. The van der Waals surface area contributed by atoms with E-state index in [9.17, 15) is 4.79 Å². The number of ether oxygens (including phenoxy) is 1. The molecule has 0 spiro atoms. The minimum Gasteiger partial charge on any atom is -0.481 e. The Hall–Kier alpha value is -1.26. The van der Waals surface area contributed by atoms with Crippen LogP contribution >= 0.6 is 11.6 Å². The lowest BCUT2D eigenvalue weighted by atomic mass is 10.2. The molecule has 1 aliphatic heterocycles. The van der Waals surface area contributed by atoms with Crippen molar-refractivity contribution < 1.29 is 9.53 Å². The van der Waals surface area contributed by atoms with Gasteiger partial charge in [-0.15, -0.1) is 0 Å². The molecule has 0 saturated carbocycles. The fourth-order valence-electron chi connectivity index (χ4n) is 2.47. The molecule has 1 aliphatic rings. The molecule has 1 aromatic carbocycles. The van der Waals surface area contributed by atoms with E-state index >= 15 is 0 Å². The van der Waals surface area contributed by atoms with Gasteiger partial charge in [0.25, 0.3) is 5.91 Å². The number of halogens is 1. The zero-order valence-corrected chi connectivity index (χ0v) is 13.5. The Kier molecular flexibility index (Phi) is 5.88. The number of hydrogen-bond acceptors (Lipinski definition) is 3. The number of benzene rings is 1. The minimum absolute atomic E-state index is 0.0863. The molecule has 0 aromatic heterocycles. The first-order chi connectivity index (χ1) is 10.1. The smallest absolute Gasteiger partial charge is 0.263 e. The molecule has 1 aromatic rings. The second kappa shape index (κ2) is 7.66. The molecule has 4 nitrogen and oxygen atoms in total. The molecule has 116 valence electrons. The zero-order valence-electron chi connectivity index (χ0n) is 12.7. The van der Waals surface area contributed by atoms with Gasteiger partial charge in [0.1, 0.15) is 5.75 Å². The molecule has 0 aliphatic carbocycles. The van der Waals surface area contributed by atoms with Gasteiger partial charge >= 0.3 is 0 Å². The molecule has 21 heavy (non-hydrogen) atoms. The van der Waals surface area contributed by atoms with Crippen LogP contribution < -0.4 is 4.74 Å². The Balaban J connectivity index is 1.94. The SMILES string of the molecule is CC[C@@H](Oc1ccc(Cl)cc1)C(=O)N1CCN(CC)CC1. The fraction of sp³-hybridized carbons (Fsp3) is 0.562. The summed E-state index contributed by atoms with van der Waals surface area (Å²) in [5.41, 5.74) is 0. The number of amides is 1. The lowest BCUT2D eigenvalue weighted by Crippen LogP contribution is -2.52. The van der Waals surface area contributed by atoms with E-state index in [0.717, 1.165) is 32.7 Å². The van der Waals surface area contributed by atoms with Crippen molar-refractivity contribution in [2.24, 2.45) is 0 Å². The number of likely N-dealkylation sites (N-methyl/N-ethyl adjacent to an activating group) is 1. The van der Waals surface area contributed by atoms with E-state index in [1.165, 1.54) is 0 Å². The summed E-state index contributed by atoms with van der Waals surface area (Å²) in [6.07, 6.45) is 0.245. The molecule has 0 bridgehead atoms. The number of piperazine rings is 1. The Labute approximate surface area is 131 Å². The Morgan fingerprint density at radius 3 is 2.33 bits per heavy atom. The molecule has 1 fully saturated rings. The summed E-state index contributed by atoms with van der Waals surface area (Å²) < 4.78 is 5.82. The largest absolute Gasteiger partial charge is 0.481 e. The second-order valence-electron chi connectivity index (χ2n) is 5.23. The van der Waals surface area contributed by atoms with Gasteiger partial charge in [-0.3, -0.25) is 4.79 Å². The molecule has 5 heteroatoms. The molecular formula is C16H23ClN2O2. The summed E-state index contributed by atoms with van der Waals surface area (Å²) >= 11 is 5.86. The molecule has 1 amide bonds. The Morgan fingerprint density at radius 1 is 1.19 bits per heavy atom. The van der Waals surface area contributed by atoms with Crippen molar-refractivity contribution >= 4 is 17.5 Å². The van der Waals surface area contributed by atoms with Crippen LogP contribution in [0.25, 0.3) is 0 Å². The first-order valence-corrected chi connectivity index (χ1v) is 7.95. The van der Waals surface area contributed by atoms with E-state index < -0.39 is 6.10 Å². The third-order valence-electron chi connectivity index (χ3n) is 3.87. The van der Waals surface area contributed by atoms with Crippen LogP contribution in [0.15, 0.2) is 24.3 Å². The first-order valence-electron chi connectivity index (χ1n) is 7.57. The van der Waals surface area contributed by atoms with Crippen LogP contribution in [0.1, 0.15) is 20.3 Å². The standard InChI is InChI=1S/C16H23ClN2O2/c1-3-15(21-14-7-5-13(17)6-8-14)16(20)19-11-9-18(4-2)10-12-19/h5-8,15H,3-4,9-12H2,1-2H3/t15-/m1/s1. The van der Waals surface area contributed by atoms with E-state index in [1.54, 1.807) is 24.3 Å². The van der Waals surface area contributed by atoms with Crippen molar-refractivity contribution in [1.82, 2.24) is 9.80 Å².